The zero-order valence-corrected chi connectivity index (χ0v) is 14.9. The minimum absolute atomic E-state index is 0.182. The summed E-state index contributed by atoms with van der Waals surface area (Å²) in [7, 11) is -2.26. The maximum atomic E-state index is 12.4. The average molecular weight is 346 g/mol. The van der Waals surface area contributed by atoms with Gasteiger partial charge in [0.25, 0.3) is 0 Å². The maximum absolute atomic E-state index is 12.4. The molecule has 0 unspecified atom stereocenters. The van der Waals surface area contributed by atoms with Gasteiger partial charge in [-0.05, 0) is 31.5 Å². The van der Waals surface area contributed by atoms with E-state index in [1.54, 1.807) is 24.3 Å². The zero-order chi connectivity index (χ0) is 17.7. The number of likely N-dealkylation sites (N-methyl/N-ethyl adjacent to an activating group) is 1. The summed E-state index contributed by atoms with van der Waals surface area (Å²) in [6, 6.07) is 14.4. The fourth-order valence-corrected chi connectivity index (χ4v) is 3.27. The first kappa shape index (κ1) is 18.2. The van der Waals surface area contributed by atoms with Crippen LogP contribution in [0.15, 0.2) is 53.4 Å². The van der Waals surface area contributed by atoms with Crippen molar-refractivity contribution < 1.29 is 13.2 Å². The van der Waals surface area contributed by atoms with Crippen molar-refractivity contribution in [1.82, 2.24) is 9.62 Å². The van der Waals surface area contributed by atoms with Gasteiger partial charge < -0.3 is 5.32 Å². The van der Waals surface area contributed by atoms with E-state index in [4.69, 9.17) is 0 Å². The van der Waals surface area contributed by atoms with Gasteiger partial charge in [0.05, 0.1) is 11.4 Å². The molecular formula is C18H22N2O3S. The minimum Gasteiger partial charge on any atom is -0.351 e. The Kier molecular flexibility index (Phi) is 5.75. The Morgan fingerprint density at radius 1 is 0.958 bits per heavy atom. The molecule has 0 spiro atoms. The summed E-state index contributed by atoms with van der Waals surface area (Å²) in [5, 5.41) is 2.74. The Bertz CT molecular complexity index is 797. The number of carbonyl (C=O) groups is 1. The van der Waals surface area contributed by atoms with E-state index in [1.165, 1.54) is 7.05 Å². The first-order chi connectivity index (χ1) is 11.3. The SMILES string of the molecule is Cc1ccc(CNC(=O)CN(C)S(=O)(=O)c2ccc(C)cc2)cc1. The van der Waals surface area contributed by atoms with Crippen LogP contribution in [0, 0.1) is 13.8 Å². The monoisotopic (exact) mass is 346 g/mol. The highest BCUT2D eigenvalue weighted by atomic mass is 32.2. The Morgan fingerprint density at radius 3 is 2.00 bits per heavy atom. The Balaban J connectivity index is 1.95. The standard InChI is InChI=1S/C18H22N2O3S/c1-14-4-8-16(9-5-14)12-19-18(21)13-20(3)24(22,23)17-10-6-15(2)7-11-17/h4-11H,12-13H2,1-3H3,(H,19,21). The van der Waals surface area contributed by atoms with E-state index in [-0.39, 0.29) is 17.3 Å². The van der Waals surface area contributed by atoms with Crippen molar-refractivity contribution in [3.63, 3.8) is 0 Å². The van der Waals surface area contributed by atoms with Crippen LogP contribution in [0.4, 0.5) is 0 Å². The van der Waals surface area contributed by atoms with Gasteiger partial charge in [-0.2, -0.15) is 4.31 Å². The Hall–Kier alpha value is -2.18. The molecule has 0 aliphatic rings. The van der Waals surface area contributed by atoms with Crippen LogP contribution in [0.2, 0.25) is 0 Å². The van der Waals surface area contributed by atoms with Gasteiger partial charge in [0, 0.05) is 13.6 Å². The number of hydrogen-bond donors (Lipinski definition) is 1. The molecular weight excluding hydrogens is 324 g/mol. The van der Waals surface area contributed by atoms with Gasteiger partial charge in [-0.25, -0.2) is 8.42 Å². The highest BCUT2D eigenvalue weighted by Gasteiger charge is 2.22. The van der Waals surface area contributed by atoms with Gasteiger partial charge >= 0.3 is 0 Å². The third kappa shape index (κ3) is 4.66. The summed E-state index contributed by atoms with van der Waals surface area (Å²) < 4.78 is 25.9. The van der Waals surface area contributed by atoms with Crippen molar-refractivity contribution >= 4 is 15.9 Å². The van der Waals surface area contributed by atoms with Gasteiger partial charge in [0.2, 0.25) is 15.9 Å². The van der Waals surface area contributed by atoms with Crippen LogP contribution in [0.5, 0.6) is 0 Å². The number of amides is 1. The maximum Gasteiger partial charge on any atom is 0.243 e. The molecule has 0 aromatic heterocycles. The molecule has 0 saturated heterocycles. The number of hydrogen-bond acceptors (Lipinski definition) is 3. The van der Waals surface area contributed by atoms with Crippen molar-refractivity contribution in [2.75, 3.05) is 13.6 Å². The lowest BCUT2D eigenvalue weighted by molar-refractivity contribution is -0.121. The smallest absolute Gasteiger partial charge is 0.243 e. The molecule has 24 heavy (non-hydrogen) atoms. The quantitative estimate of drug-likeness (QED) is 0.872. The molecule has 6 heteroatoms. The number of sulfonamides is 1. The molecule has 1 N–H and O–H groups in total. The number of rotatable bonds is 6. The second kappa shape index (κ2) is 7.59. The fraction of sp³-hybridized carbons (Fsp3) is 0.278. The van der Waals surface area contributed by atoms with Gasteiger partial charge in [0.15, 0.2) is 0 Å². The van der Waals surface area contributed by atoms with E-state index in [9.17, 15) is 13.2 Å². The lowest BCUT2D eigenvalue weighted by atomic mass is 10.1. The number of aryl methyl sites for hydroxylation is 2. The molecule has 0 saturated carbocycles. The van der Waals surface area contributed by atoms with E-state index in [0.29, 0.717) is 6.54 Å². The summed E-state index contributed by atoms with van der Waals surface area (Å²) in [5.41, 5.74) is 3.10. The van der Waals surface area contributed by atoms with E-state index in [0.717, 1.165) is 21.0 Å². The lowest BCUT2D eigenvalue weighted by Crippen LogP contribution is -2.38. The van der Waals surface area contributed by atoms with Crippen molar-refractivity contribution in [3.05, 3.63) is 65.2 Å². The fourth-order valence-electron chi connectivity index (χ4n) is 2.14. The molecule has 5 nitrogen and oxygen atoms in total. The highest BCUT2D eigenvalue weighted by Crippen LogP contribution is 2.14. The average Bonchev–Trinajstić information content (AvgIpc) is 2.54. The largest absolute Gasteiger partial charge is 0.351 e. The Morgan fingerprint density at radius 2 is 1.46 bits per heavy atom. The second-order valence-electron chi connectivity index (χ2n) is 5.84. The summed E-state index contributed by atoms with van der Waals surface area (Å²) >= 11 is 0. The van der Waals surface area contributed by atoms with Crippen molar-refractivity contribution in [2.24, 2.45) is 0 Å². The van der Waals surface area contributed by atoms with E-state index in [2.05, 4.69) is 5.32 Å². The van der Waals surface area contributed by atoms with Gasteiger partial charge in [-0.1, -0.05) is 47.5 Å². The van der Waals surface area contributed by atoms with Crippen LogP contribution >= 0.6 is 0 Å². The molecule has 0 aliphatic heterocycles. The third-order valence-corrected chi connectivity index (χ3v) is 5.52. The van der Waals surface area contributed by atoms with E-state index >= 15 is 0 Å². The first-order valence-electron chi connectivity index (χ1n) is 7.64. The van der Waals surface area contributed by atoms with Gasteiger partial charge in [0.1, 0.15) is 0 Å². The van der Waals surface area contributed by atoms with Crippen LogP contribution in [0.1, 0.15) is 16.7 Å². The van der Waals surface area contributed by atoms with Crippen LogP contribution < -0.4 is 5.32 Å². The lowest BCUT2D eigenvalue weighted by Gasteiger charge is -2.17. The molecule has 0 aliphatic carbocycles. The predicted octanol–water partition coefficient (Wildman–Crippen LogP) is 2.24. The molecule has 1 amide bonds. The molecule has 0 radical (unpaired) electrons. The number of nitrogens with zero attached hydrogens (tertiary/aromatic N) is 1. The van der Waals surface area contributed by atoms with Crippen LogP contribution in [0.3, 0.4) is 0 Å². The summed E-state index contributed by atoms with van der Waals surface area (Å²) in [6.07, 6.45) is 0. The zero-order valence-electron chi connectivity index (χ0n) is 14.1. The molecule has 2 aromatic carbocycles. The second-order valence-corrected chi connectivity index (χ2v) is 7.88. The van der Waals surface area contributed by atoms with Crippen LogP contribution in [-0.2, 0) is 21.4 Å². The van der Waals surface area contributed by atoms with E-state index < -0.39 is 10.0 Å². The summed E-state index contributed by atoms with van der Waals surface area (Å²) in [5.74, 6) is -0.339. The molecule has 0 bridgehead atoms. The molecule has 2 aromatic rings. The van der Waals surface area contributed by atoms with Crippen molar-refractivity contribution in [2.45, 2.75) is 25.3 Å². The first-order valence-corrected chi connectivity index (χ1v) is 9.08. The van der Waals surface area contributed by atoms with Crippen molar-refractivity contribution in [1.29, 1.82) is 0 Å². The summed E-state index contributed by atoms with van der Waals surface area (Å²) in [4.78, 5) is 12.2. The van der Waals surface area contributed by atoms with E-state index in [1.807, 2.05) is 38.1 Å². The van der Waals surface area contributed by atoms with Crippen molar-refractivity contribution in [3.8, 4) is 0 Å². The Labute approximate surface area is 143 Å². The predicted molar refractivity (Wildman–Crippen MR) is 94.0 cm³/mol. The normalized spacial score (nSPS) is 11.5. The number of nitrogens with one attached hydrogen (secondary N) is 1. The summed E-state index contributed by atoms with van der Waals surface area (Å²) in [6.45, 7) is 4.03. The minimum atomic E-state index is -3.67. The molecule has 2 rings (SSSR count). The number of carbonyl (C=O) groups excluding carboxylic acids is 1. The molecule has 0 atom stereocenters. The van der Waals surface area contributed by atoms with Gasteiger partial charge in [-0.3, -0.25) is 4.79 Å². The topological polar surface area (TPSA) is 66.5 Å². The number of benzene rings is 2. The van der Waals surface area contributed by atoms with Gasteiger partial charge in [-0.15, -0.1) is 0 Å². The highest BCUT2D eigenvalue weighted by molar-refractivity contribution is 7.89. The molecule has 0 fully saturated rings. The van der Waals surface area contributed by atoms with Crippen LogP contribution in [0.25, 0.3) is 0 Å². The third-order valence-electron chi connectivity index (χ3n) is 3.71. The molecule has 0 heterocycles. The molecule has 128 valence electrons. The van der Waals surface area contributed by atoms with Crippen LogP contribution in [-0.4, -0.2) is 32.2 Å².